The molecule has 0 fully saturated rings. The number of benzene rings is 1. The lowest BCUT2D eigenvalue weighted by molar-refractivity contribution is 0.102. The second-order valence-corrected chi connectivity index (χ2v) is 6.78. The summed E-state index contributed by atoms with van der Waals surface area (Å²) in [4.78, 5) is 20.1. The number of carbonyl (C=O) groups is 1. The monoisotopic (exact) mass is 339 g/mol. The van der Waals surface area contributed by atoms with Gasteiger partial charge in [-0.2, -0.15) is 0 Å². The molecule has 1 aromatic carbocycles. The van der Waals surface area contributed by atoms with Crippen LogP contribution in [0.5, 0.6) is 0 Å². The molecular formula is C17H13N3O3S. The summed E-state index contributed by atoms with van der Waals surface area (Å²) in [5, 5.41) is 2.55. The summed E-state index contributed by atoms with van der Waals surface area (Å²) in [6, 6.07) is 14.4. The fourth-order valence-electron chi connectivity index (χ4n) is 2.10. The largest absolute Gasteiger partial charge is 0.305 e. The second kappa shape index (κ2) is 6.59. The van der Waals surface area contributed by atoms with Crippen molar-refractivity contribution in [1.29, 1.82) is 0 Å². The van der Waals surface area contributed by atoms with E-state index in [-0.39, 0.29) is 15.6 Å². The summed E-state index contributed by atoms with van der Waals surface area (Å²) in [6.07, 6.45) is 4.16. The van der Waals surface area contributed by atoms with E-state index in [1.54, 1.807) is 30.3 Å². The molecule has 0 spiro atoms. The molecule has 0 unspecified atom stereocenters. The normalized spacial score (nSPS) is 11.0. The van der Waals surface area contributed by atoms with Gasteiger partial charge in [0.25, 0.3) is 5.91 Å². The Bertz CT molecular complexity index is 959. The summed E-state index contributed by atoms with van der Waals surface area (Å²) >= 11 is 0. The van der Waals surface area contributed by atoms with Crippen LogP contribution in [0.4, 0.5) is 5.82 Å². The van der Waals surface area contributed by atoms with Gasteiger partial charge in [0.15, 0.2) is 5.82 Å². The highest BCUT2D eigenvalue weighted by atomic mass is 32.2. The van der Waals surface area contributed by atoms with Crippen LogP contribution in [0.1, 0.15) is 10.4 Å². The number of rotatable bonds is 4. The van der Waals surface area contributed by atoms with Gasteiger partial charge in [0.1, 0.15) is 4.90 Å². The molecule has 0 bridgehead atoms. The van der Waals surface area contributed by atoms with Gasteiger partial charge in [-0.15, -0.1) is 0 Å². The van der Waals surface area contributed by atoms with E-state index in [1.165, 1.54) is 42.9 Å². The summed E-state index contributed by atoms with van der Waals surface area (Å²) in [6.45, 7) is 0. The van der Waals surface area contributed by atoms with E-state index in [0.717, 1.165) is 0 Å². The molecule has 7 heteroatoms. The Labute approximate surface area is 139 Å². The first kappa shape index (κ1) is 15.8. The van der Waals surface area contributed by atoms with Gasteiger partial charge in [-0.05, 0) is 36.4 Å². The number of anilines is 1. The van der Waals surface area contributed by atoms with Crippen LogP contribution in [0.2, 0.25) is 0 Å². The first-order valence-electron chi connectivity index (χ1n) is 7.05. The van der Waals surface area contributed by atoms with Gasteiger partial charge in [-0.3, -0.25) is 9.78 Å². The lowest BCUT2D eigenvalue weighted by Crippen LogP contribution is -2.16. The number of aromatic nitrogens is 2. The average molecular weight is 339 g/mol. The van der Waals surface area contributed by atoms with E-state index in [4.69, 9.17) is 0 Å². The molecular weight excluding hydrogens is 326 g/mol. The van der Waals surface area contributed by atoms with Gasteiger partial charge >= 0.3 is 0 Å². The van der Waals surface area contributed by atoms with Gasteiger partial charge in [0, 0.05) is 24.2 Å². The van der Waals surface area contributed by atoms with Crippen LogP contribution in [-0.4, -0.2) is 24.3 Å². The highest BCUT2D eigenvalue weighted by Crippen LogP contribution is 2.25. The third kappa shape index (κ3) is 3.16. The smallest absolute Gasteiger partial charge is 0.256 e. The van der Waals surface area contributed by atoms with Gasteiger partial charge in [0.2, 0.25) is 9.84 Å². The molecule has 2 heterocycles. The van der Waals surface area contributed by atoms with Gasteiger partial charge in [-0.1, -0.05) is 18.2 Å². The number of hydrogen-bond acceptors (Lipinski definition) is 5. The minimum absolute atomic E-state index is 0.0183. The fourth-order valence-corrected chi connectivity index (χ4v) is 3.43. The van der Waals surface area contributed by atoms with Crippen LogP contribution in [0, 0.1) is 0 Å². The maximum Gasteiger partial charge on any atom is 0.256 e. The number of hydrogen-bond donors (Lipinski definition) is 1. The van der Waals surface area contributed by atoms with Crippen molar-refractivity contribution in [1.82, 2.24) is 9.97 Å². The number of sulfone groups is 1. The van der Waals surface area contributed by atoms with E-state index >= 15 is 0 Å². The molecule has 0 aliphatic carbocycles. The van der Waals surface area contributed by atoms with Crippen LogP contribution in [0.3, 0.4) is 0 Å². The lowest BCUT2D eigenvalue weighted by Gasteiger charge is -2.10. The van der Waals surface area contributed by atoms with E-state index in [0.29, 0.717) is 5.56 Å². The Balaban J connectivity index is 1.99. The number of nitrogens with one attached hydrogen (secondary N) is 1. The van der Waals surface area contributed by atoms with Crippen LogP contribution in [0.25, 0.3) is 0 Å². The first-order valence-corrected chi connectivity index (χ1v) is 8.54. The Kier molecular flexibility index (Phi) is 4.35. The van der Waals surface area contributed by atoms with Crippen LogP contribution in [-0.2, 0) is 9.84 Å². The number of pyridine rings is 2. The second-order valence-electron chi connectivity index (χ2n) is 4.86. The Morgan fingerprint density at radius 1 is 0.917 bits per heavy atom. The summed E-state index contributed by atoms with van der Waals surface area (Å²) in [5.41, 5.74) is 0.410. The highest BCUT2D eigenvalue weighted by Gasteiger charge is 2.23. The van der Waals surface area contributed by atoms with E-state index in [1.807, 2.05) is 0 Å². The maximum absolute atomic E-state index is 12.7. The van der Waals surface area contributed by atoms with Crippen molar-refractivity contribution in [3.8, 4) is 0 Å². The lowest BCUT2D eigenvalue weighted by atomic mass is 10.2. The third-order valence-corrected chi connectivity index (χ3v) is 5.04. The van der Waals surface area contributed by atoms with Crippen LogP contribution >= 0.6 is 0 Å². The van der Waals surface area contributed by atoms with Crippen molar-refractivity contribution in [2.24, 2.45) is 0 Å². The molecule has 0 saturated carbocycles. The number of amides is 1. The SMILES string of the molecule is O=C(Nc1ncccc1S(=O)(=O)c1cccnc1)c1ccccc1. The quantitative estimate of drug-likeness (QED) is 0.789. The molecule has 24 heavy (non-hydrogen) atoms. The molecule has 2 aromatic heterocycles. The van der Waals surface area contributed by atoms with Crippen LogP contribution in [0.15, 0.2) is 83.0 Å². The molecule has 6 nitrogen and oxygen atoms in total. The van der Waals surface area contributed by atoms with E-state index in [2.05, 4.69) is 15.3 Å². The topological polar surface area (TPSA) is 89.0 Å². The minimum Gasteiger partial charge on any atom is -0.305 e. The highest BCUT2D eigenvalue weighted by molar-refractivity contribution is 7.91. The molecule has 3 aromatic rings. The Morgan fingerprint density at radius 3 is 2.38 bits per heavy atom. The molecule has 0 atom stereocenters. The predicted octanol–water partition coefficient (Wildman–Crippen LogP) is 2.56. The van der Waals surface area contributed by atoms with Crippen molar-refractivity contribution >= 4 is 21.6 Å². The maximum atomic E-state index is 12.7. The minimum atomic E-state index is -3.84. The van der Waals surface area contributed by atoms with Gasteiger partial charge in [0.05, 0.1) is 4.90 Å². The molecule has 1 N–H and O–H groups in total. The Hall–Kier alpha value is -3.06. The zero-order chi connectivity index (χ0) is 17.0. The standard InChI is InChI=1S/C17H13N3O3S/c21-17(13-6-2-1-3-7-13)20-16-15(9-5-11-19-16)24(22,23)14-8-4-10-18-12-14/h1-12H,(H,19,20,21). The average Bonchev–Trinajstić information content (AvgIpc) is 2.63. The van der Waals surface area contributed by atoms with E-state index < -0.39 is 15.7 Å². The summed E-state index contributed by atoms with van der Waals surface area (Å²) in [5.74, 6) is -0.452. The molecule has 0 radical (unpaired) electrons. The van der Waals surface area contributed by atoms with Crippen molar-refractivity contribution in [3.63, 3.8) is 0 Å². The predicted molar refractivity (Wildman–Crippen MR) is 88.3 cm³/mol. The Morgan fingerprint density at radius 2 is 1.67 bits per heavy atom. The van der Waals surface area contributed by atoms with Crippen molar-refractivity contribution < 1.29 is 13.2 Å². The zero-order valence-electron chi connectivity index (χ0n) is 12.5. The zero-order valence-corrected chi connectivity index (χ0v) is 13.3. The van der Waals surface area contributed by atoms with Gasteiger partial charge in [-0.25, -0.2) is 13.4 Å². The number of nitrogens with zero attached hydrogens (tertiary/aromatic N) is 2. The summed E-state index contributed by atoms with van der Waals surface area (Å²) in [7, 11) is -3.84. The van der Waals surface area contributed by atoms with Crippen molar-refractivity contribution in [3.05, 3.63) is 78.8 Å². The molecule has 1 amide bonds. The fraction of sp³-hybridized carbons (Fsp3) is 0. The molecule has 3 rings (SSSR count). The first-order chi connectivity index (χ1) is 11.6. The van der Waals surface area contributed by atoms with Gasteiger partial charge < -0.3 is 5.32 Å². The van der Waals surface area contributed by atoms with Crippen molar-refractivity contribution in [2.75, 3.05) is 5.32 Å². The van der Waals surface area contributed by atoms with E-state index in [9.17, 15) is 13.2 Å². The molecule has 0 aliphatic rings. The van der Waals surface area contributed by atoms with Crippen molar-refractivity contribution in [2.45, 2.75) is 9.79 Å². The molecule has 120 valence electrons. The summed E-state index contributed by atoms with van der Waals surface area (Å²) < 4.78 is 25.5. The van der Waals surface area contributed by atoms with Crippen LogP contribution < -0.4 is 5.32 Å². The third-order valence-electron chi connectivity index (χ3n) is 3.27. The number of carbonyl (C=O) groups excluding carboxylic acids is 1. The molecule has 0 aliphatic heterocycles. The molecule has 0 saturated heterocycles.